The molecule has 1 saturated heterocycles. The Morgan fingerprint density at radius 3 is 2.07 bits per heavy atom. The van der Waals surface area contributed by atoms with Crippen molar-refractivity contribution < 1.29 is 25.2 Å². The first-order chi connectivity index (χ1) is 5.57. The molecule has 2 radical (unpaired) electrons. The van der Waals surface area contributed by atoms with E-state index >= 15 is 0 Å². The Morgan fingerprint density at radius 1 is 1.14 bits per heavy atom. The average molecular weight is 256 g/mol. The summed E-state index contributed by atoms with van der Waals surface area (Å²) in [6, 6.07) is -1.04. The van der Waals surface area contributed by atoms with Gasteiger partial charge < -0.3 is 30.9 Å². The van der Waals surface area contributed by atoms with Crippen LogP contribution in [0.5, 0.6) is 0 Å². The van der Waals surface area contributed by atoms with Crippen molar-refractivity contribution in [2.24, 2.45) is 5.73 Å². The summed E-state index contributed by atoms with van der Waals surface area (Å²) in [6.07, 6.45) is -4.85. The minimum atomic E-state index is -1.35. The fourth-order valence-corrected chi connectivity index (χ4v) is 1.12. The minimum absolute atomic E-state index is 0. The van der Waals surface area contributed by atoms with Crippen molar-refractivity contribution in [2.45, 2.75) is 30.6 Å². The number of aliphatic hydroxyl groups excluding tert-OH is 4. The third-order valence-corrected chi connectivity index (χ3v) is 1.95. The number of aliphatic hydroxyl groups is 4. The number of nitrogens with two attached hydrogens (primary N) is 1. The zero-order chi connectivity index (χ0) is 9.30. The fourth-order valence-electron chi connectivity index (χ4n) is 1.12. The Labute approximate surface area is 117 Å². The van der Waals surface area contributed by atoms with Crippen molar-refractivity contribution in [1.29, 1.82) is 0 Å². The molecule has 0 bridgehead atoms. The largest absolute Gasteiger partial charge is 0.394 e. The van der Waals surface area contributed by atoms with Gasteiger partial charge in [0.15, 0.2) is 6.29 Å². The Bertz CT molecular complexity index is 160. The summed E-state index contributed by atoms with van der Waals surface area (Å²) in [7, 11) is 0. The van der Waals surface area contributed by atoms with Gasteiger partial charge in [0.05, 0.1) is 12.6 Å². The zero-order valence-corrected chi connectivity index (χ0v) is 10.5. The summed E-state index contributed by atoms with van der Waals surface area (Å²) >= 11 is 0. The fraction of sp³-hybridized carbons (Fsp3) is 1.00. The average Bonchev–Trinajstić information content (AvgIpc) is 2.08. The SMILES string of the molecule is Cl.N[C@H]1C(O)O[C@H](CO)[C@@H](O)[C@@H]1O.[Ca]. The smallest absolute Gasteiger partial charge is 0.173 e. The van der Waals surface area contributed by atoms with E-state index in [4.69, 9.17) is 20.7 Å². The molecule has 1 aliphatic rings. The molecule has 0 saturated carbocycles. The van der Waals surface area contributed by atoms with Gasteiger partial charge in [0.1, 0.15) is 18.3 Å². The Morgan fingerprint density at radius 2 is 1.64 bits per heavy atom. The number of ether oxygens (including phenoxy) is 1. The van der Waals surface area contributed by atoms with E-state index in [0.717, 1.165) is 0 Å². The van der Waals surface area contributed by atoms with Crippen LogP contribution in [0.2, 0.25) is 0 Å². The van der Waals surface area contributed by atoms with E-state index in [0.29, 0.717) is 0 Å². The van der Waals surface area contributed by atoms with Crippen LogP contribution in [0, 0.1) is 0 Å². The van der Waals surface area contributed by atoms with Crippen LogP contribution in [0.3, 0.4) is 0 Å². The quantitative estimate of drug-likeness (QED) is 0.315. The first-order valence-corrected chi connectivity index (χ1v) is 3.64. The molecule has 8 heteroatoms. The van der Waals surface area contributed by atoms with Crippen LogP contribution in [0.4, 0.5) is 0 Å². The molecule has 0 aromatic heterocycles. The van der Waals surface area contributed by atoms with E-state index < -0.39 is 37.3 Å². The zero-order valence-electron chi connectivity index (χ0n) is 7.48. The topological polar surface area (TPSA) is 116 Å². The van der Waals surface area contributed by atoms with Crippen molar-refractivity contribution >= 4 is 50.1 Å². The van der Waals surface area contributed by atoms with Crippen molar-refractivity contribution in [2.75, 3.05) is 6.61 Å². The van der Waals surface area contributed by atoms with Gasteiger partial charge in [-0.05, 0) is 0 Å². The molecule has 1 fully saturated rings. The van der Waals surface area contributed by atoms with Crippen molar-refractivity contribution in [3.05, 3.63) is 0 Å². The third-order valence-electron chi connectivity index (χ3n) is 1.95. The predicted molar refractivity (Wildman–Crippen MR) is 51.0 cm³/mol. The Hall–Kier alpha value is 1.31. The summed E-state index contributed by atoms with van der Waals surface area (Å²) in [6.45, 7) is -0.470. The van der Waals surface area contributed by atoms with Crippen LogP contribution in [0.25, 0.3) is 0 Å². The maximum absolute atomic E-state index is 9.20. The molecule has 5 atom stereocenters. The van der Waals surface area contributed by atoms with Crippen LogP contribution >= 0.6 is 12.4 Å². The van der Waals surface area contributed by atoms with Crippen LogP contribution < -0.4 is 5.73 Å². The van der Waals surface area contributed by atoms with E-state index in [9.17, 15) is 10.2 Å². The molecule has 0 aromatic rings. The van der Waals surface area contributed by atoms with E-state index in [1.165, 1.54) is 0 Å². The second kappa shape index (κ2) is 7.56. The van der Waals surface area contributed by atoms with Gasteiger partial charge in [-0.15, -0.1) is 12.4 Å². The van der Waals surface area contributed by atoms with Gasteiger partial charge >= 0.3 is 0 Å². The Kier molecular flexibility index (Phi) is 9.56. The molecule has 1 rings (SSSR count). The summed E-state index contributed by atoms with van der Waals surface area (Å²) in [4.78, 5) is 0. The Balaban J connectivity index is 0. The normalized spacial score (nSPS) is 42.2. The van der Waals surface area contributed by atoms with E-state index in [1.54, 1.807) is 0 Å². The molecule has 82 valence electrons. The maximum Gasteiger partial charge on any atom is 0.173 e. The first-order valence-electron chi connectivity index (χ1n) is 3.64. The molecule has 0 aromatic carbocycles. The molecule has 6 nitrogen and oxygen atoms in total. The van der Waals surface area contributed by atoms with Gasteiger partial charge in [0, 0.05) is 37.7 Å². The standard InChI is InChI=1S/C6H13NO5.Ca.ClH/c7-3-5(10)4(9)2(1-8)12-6(3)11;;/h2-6,8-11H,1,7H2;;1H/t2-,3-,4-,5-,6?;;/m1../s1. The third kappa shape index (κ3) is 3.71. The predicted octanol–water partition coefficient (Wildman–Crippen LogP) is -3.21. The second-order valence-corrected chi connectivity index (χ2v) is 2.81. The molecular formula is C6H14CaClNO5. The first kappa shape index (κ1) is 17.7. The van der Waals surface area contributed by atoms with Gasteiger partial charge in [-0.2, -0.15) is 0 Å². The van der Waals surface area contributed by atoms with Gasteiger partial charge in [-0.3, -0.25) is 0 Å². The molecular weight excluding hydrogens is 242 g/mol. The van der Waals surface area contributed by atoms with Gasteiger partial charge in [-0.25, -0.2) is 0 Å². The van der Waals surface area contributed by atoms with Crippen LogP contribution in [-0.4, -0.2) is 95.4 Å². The van der Waals surface area contributed by atoms with E-state index in [1.807, 2.05) is 0 Å². The molecule has 0 amide bonds. The molecule has 0 spiro atoms. The minimum Gasteiger partial charge on any atom is -0.394 e. The molecule has 6 N–H and O–H groups in total. The summed E-state index contributed by atoms with van der Waals surface area (Å²) < 4.78 is 4.70. The maximum atomic E-state index is 9.20. The van der Waals surface area contributed by atoms with Crippen molar-refractivity contribution in [3.63, 3.8) is 0 Å². The number of hydrogen-bond donors (Lipinski definition) is 5. The number of halogens is 1. The summed E-state index contributed by atoms with van der Waals surface area (Å²) in [5.41, 5.74) is 5.26. The van der Waals surface area contributed by atoms with Gasteiger partial charge in [0.2, 0.25) is 0 Å². The molecule has 1 aliphatic heterocycles. The van der Waals surface area contributed by atoms with E-state index in [2.05, 4.69) is 0 Å². The second-order valence-electron chi connectivity index (χ2n) is 2.81. The van der Waals surface area contributed by atoms with Crippen LogP contribution in [-0.2, 0) is 4.74 Å². The monoisotopic (exact) mass is 255 g/mol. The van der Waals surface area contributed by atoms with Gasteiger partial charge in [0.25, 0.3) is 0 Å². The molecule has 14 heavy (non-hydrogen) atoms. The van der Waals surface area contributed by atoms with E-state index in [-0.39, 0.29) is 50.1 Å². The van der Waals surface area contributed by atoms with Crippen molar-refractivity contribution in [3.8, 4) is 0 Å². The number of rotatable bonds is 1. The van der Waals surface area contributed by atoms with Crippen LogP contribution in [0.1, 0.15) is 0 Å². The van der Waals surface area contributed by atoms with Gasteiger partial charge in [-0.1, -0.05) is 0 Å². The summed E-state index contributed by atoms with van der Waals surface area (Å²) in [5.74, 6) is 0. The van der Waals surface area contributed by atoms with Crippen molar-refractivity contribution in [1.82, 2.24) is 0 Å². The molecule has 1 heterocycles. The molecule has 0 aliphatic carbocycles. The number of hydrogen-bond acceptors (Lipinski definition) is 6. The van der Waals surface area contributed by atoms with Crippen LogP contribution in [0.15, 0.2) is 0 Å². The summed E-state index contributed by atoms with van der Waals surface area (Å²) in [5, 5.41) is 36.1. The molecule has 1 unspecified atom stereocenters.